The van der Waals surface area contributed by atoms with Gasteiger partial charge in [-0.15, -0.1) is 0 Å². The standard InChI is InChI=1S/C36H39Cl2N5O3/c1-21(44)18-41-30-8-3-5-22-17-23(9-12-26(22)30)35-34(38)28(15-16-40-35)27-6-4-7-29(33(27)37)31-13-10-24(36(43-31)46-2)19-39-20-25-11-14-32(45)42-25/h4,6-7,9-10,12-13,15-17,21,25,30,39,41,44H,3,5,8,11,14,18-20H2,1-2H3,(H,42,45)/t21-,25+,30?/m0/s1. The van der Waals surface area contributed by atoms with Crippen molar-refractivity contribution >= 4 is 29.1 Å². The van der Waals surface area contributed by atoms with E-state index in [0.717, 1.165) is 53.5 Å². The second-order valence-electron chi connectivity index (χ2n) is 12.1. The minimum atomic E-state index is -0.390. The average Bonchev–Trinajstić information content (AvgIpc) is 3.48. The molecule has 0 radical (unpaired) electrons. The molecule has 2 aliphatic rings. The Labute approximate surface area is 279 Å². The Morgan fingerprint density at radius 3 is 2.65 bits per heavy atom. The first-order chi connectivity index (χ1) is 22.3. The second kappa shape index (κ2) is 14.5. The van der Waals surface area contributed by atoms with Gasteiger partial charge in [0.15, 0.2) is 0 Å². The van der Waals surface area contributed by atoms with Crippen LogP contribution in [0.25, 0.3) is 33.6 Å². The number of ether oxygens (including phenoxy) is 1. The zero-order chi connectivity index (χ0) is 32.2. The van der Waals surface area contributed by atoms with Crippen molar-refractivity contribution in [2.75, 3.05) is 20.2 Å². The van der Waals surface area contributed by atoms with Gasteiger partial charge in [-0.25, -0.2) is 4.98 Å². The lowest BCUT2D eigenvalue weighted by molar-refractivity contribution is -0.119. The first-order valence-corrected chi connectivity index (χ1v) is 16.6. The van der Waals surface area contributed by atoms with Gasteiger partial charge in [-0.3, -0.25) is 9.78 Å². The van der Waals surface area contributed by atoms with Gasteiger partial charge in [0.05, 0.1) is 34.6 Å². The number of amides is 1. The molecule has 2 aromatic heterocycles. The fourth-order valence-corrected chi connectivity index (χ4v) is 7.07. The van der Waals surface area contributed by atoms with E-state index < -0.39 is 0 Å². The van der Waals surface area contributed by atoms with Crippen molar-refractivity contribution in [1.82, 2.24) is 25.9 Å². The monoisotopic (exact) mass is 659 g/mol. The Hall–Kier alpha value is -3.53. The first kappa shape index (κ1) is 32.4. The van der Waals surface area contributed by atoms with Gasteiger partial charge < -0.3 is 25.8 Å². The topological polar surface area (TPSA) is 108 Å². The molecule has 3 heterocycles. The van der Waals surface area contributed by atoms with Crippen molar-refractivity contribution in [3.05, 3.63) is 87.5 Å². The minimum Gasteiger partial charge on any atom is -0.481 e. The zero-order valence-electron chi connectivity index (χ0n) is 26.1. The molecule has 2 aromatic carbocycles. The number of benzene rings is 2. The number of rotatable bonds is 11. The molecule has 1 fully saturated rings. The van der Waals surface area contributed by atoms with E-state index in [1.54, 1.807) is 20.2 Å². The summed E-state index contributed by atoms with van der Waals surface area (Å²) in [6, 6.07) is 18.5. The summed E-state index contributed by atoms with van der Waals surface area (Å²) in [5, 5.41) is 20.7. The molecule has 6 rings (SSSR count). The highest BCUT2D eigenvalue weighted by molar-refractivity contribution is 6.39. The van der Waals surface area contributed by atoms with Crippen LogP contribution in [0.1, 0.15) is 55.3 Å². The van der Waals surface area contributed by atoms with Crippen LogP contribution < -0.4 is 20.7 Å². The molecule has 4 aromatic rings. The Bertz CT molecular complexity index is 1730. The third-order valence-corrected chi connectivity index (χ3v) is 9.56. The summed E-state index contributed by atoms with van der Waals surface area (Å²) in [5.74, 6) is 0.621. The van der Waals surface area contributed by atoms with Crippen molar-refractivity contribution in [3.8, 4) is 39.5 Å². The number of nitrogens with zero attached hydrogens (tertiary/aromatic N) is 2. The van der Waals surface area contributed by atoms with Crippen LogP contribution in [-0.4, -0.2) is 53.3 Å². The molecule has 10 heteroatoms. The van der Waals surface area contributed by atoms with Gasteiger partial charge >= 0.3 is 0 Å². The lowest BCUT2D eigenvalue weighted by atomic mass is 9.86. The van der Waals surface area contributed by atoms with Crippen LogP contribution in [0.3, 0.4) is 0 Å². The zero-order valence-corrected chi connectivity index (χ0v) is 27.6. The maximum atomic E-state index is 11.5. The number of pyridine rings is 2. The molecule has 1 aliphatic heterocycles. The second-order valence-corrected chi connectivity index (χ2v) is 12.9. The number of carbonyl (C=O) groups is 1. The van der Waals surface area contributed by atoms with Crippen LogP contribution >= 0.6 is 23.2 Å². The van der Waals surface area contributed by atoms with Crippen molar-refractivity contribution in [2.24, 2.45) is 0 Å². The summed E-state index contributed by atoms with van der Waals surface area (Å²) in [7, 11) is 1.61. The molecule has 0 bridgehead atoms. The van der Waals surface area contributed by atoms with Crippen LogP contribution in [0.5, 0.6) is 5.88 Å². The number of nitrogens with one attached hydrogen (secondary N) is 3. The van der Waals surface area contributed by atoms with Gasteiger partial charge in [-0.2, -0.15) is 0 Å². The lowest BCUT2D eigenvalue weighted by Crippen LogP contribution is -2.35. The van der Waals surface area contributed by atoms with Crippen molar-refractivity contribution in [1.29, 1.82) is 0 Å². The number of aryl methyl sites for hydroxylation is 1. The Morgan fingerprint density at radius 1 is 1.04 bits per heavy atom. The fraction of sp³-hybridized carbons (Fsp3) is 0.361. The average molecular weight is 661 g/mol. The summed E-state index contributed by atoms with van der Waals surface area (Å²) in [6.45, 7) is 3.61. The number of aliphatic hydroxyl groups excluding tert-OH is 1. The van der Waals surface area contributed by atoms with Crippen molar-refractivity contribution in [3.63, 3.8) is 0 Å². The number of hydrogen-bond acceptors (Lipinski definition) is 7. The highest BCUT2D eigenvalue weighted by atomic mass is 35.5. The molecule has 1 aliphatic carbocycles. The molecule has 1 unspecified atom stereocenters. The number of carbonyl (C=O) groups excluding carboxylic acids is 1. The molecule has 4 N–H and O–H groups in total. The van der Waals surface area contributed by atoms with E-state index in [1.807, 2.05) is 36.4 Å². The summed E-state index contributed by atoms with van der Waals surface area (Å²) in [5.41, 5.74) is 8.16. The molecular formula is C36H39Cl2N5O3. The van der Waals surface area contributed by atoms with E-state index in [9.17, 15) is 9.90 Å². The SMILES string of the molecule is COc1nc(-c2cccc(-c3ccnc(-c4ccc5c(c4)CCCC5NC[C@H](C)O)c3Cl)c2Cl)ccc1CNC[C@H]1CCC(=O)N1. The quantitative estimate of drug-likeness (QED) is 0.145. The summed E-state index contributed by atoms with van der Waals surface area (Å²) in [4.78, 5) is 21.0. The molecule has 0 saturated carbocycles. The Kier molecular flexibility index (Phi) is 10.2. The van der Waals surface area contributed by atoms with Crippen LogP contribution in [0, 0.1) is 0 Å². The molecule has 3 atom stereocenters. The van der Waals surface area contributed by atoms with E-state index in [2.05, 4.69) is 39.1 Å². The fourth-order valence-electron chi connectivity index (χ4n) is 6.42. The lowest BCUT2D eigenvalue weighted by Gasteiger charge is -2.27. The summed E-state index contributed by atoms with van der Waals surface area (Å²) >= 11 is 14.2. The largest absolute Gasteiger partial charge is 0.481 e. The van der Waals surface area contributed by atoms with Gasteiger partial charge in [-0.1, -0.05) is 59.6 Å². The minimum absolute atomic E-state index is 0.105. The van der Waals surface area contributed by atoms with Gasteiger partial charge in [0, 0.05) is 72.2 Å². The number of fused-ring (bicyclic) bond motifs is 1. The summed E-state index contributed by atoms with van der Waals surface area (Å²) < 4.78 is 5.65. The molecule has 240 valence electrons. The normalized spacial score (nSPS) is 18.2. The predicted molar refractivity (Wildman–Crippen MR) is 183 cm³/mol. The van der Waals surface area contributed by atoms with Gasteiger partial charge in [0.25, 0.3) is 0 Å². The number of aliphatic hydroxyl groups is 1. The molecule has 46 heavy (non-hydrogen) atoms. The van der Waals surface area contributed by atoms with Crippen LogP contribution in [0.15, 0.2) is 60.8 Å². The first-order valence-electron chi connectivity index (χ1n) is 15.8. The Morgan fingerprint density at radius 2 is 1.87 bits per heavy atom. The number of halogens is 2. The van der Waals surface area contributed by atoms with Crippen molar-refractivity contribution in [2.45, 2.75) is 63.8 Å². The van der Waals surface area contributed by atoms with E-state index in [0.29, 0.717) is 53.4 Å². The number of methoxy groups -OCH3 is 1. The third-order valence-electron chi connectivity index (χ3n) is 8.77. The van der Waals surface area contributed by atoms with Crippen LogP contribution in [0.2, 0.25) is 10.0 Å². The summed E-state index contributed by atoms with van der Waals surface area (Å²) in [6.07, 6.45) is 5.92. The van der Waals surface area contributed by atoms with E-state index in [-0.39, 0.29) is 24.1 Å². The predicted octanol–water partition coefficient (Wildman–Crippen LogP) is 6.51. The molecule has 8 nitrogen and oxygen atoms in total. The maximum absolute atomic E-state index is 11.5. The van der Waals surface area contributed by atoms with Crippen molar-refractivity contribution < 1.29 is 14.6 Å². The molecule has 1 saturated heterocycles. The molecule has 0 spiro atoms. The number of aromatic nitrogens is 2. The van der Waals surface area contributed by atoms with Gasteiger partial charge in [0.2, 0.25) is 11.8 Å². The van der Waals surface area contributed by atoms with Crippen LogP contribution in [0.4, 0.5) is 0 Å². The van der Waals surface area contributed by atoms with Crippen LogP contribution in [-0.2, 0) is 17.8 Å². The highest BCUT2D eigenvalue weighted by Crippen LogP contribution is 2.42. The third kappa shape index (κ3) is 7.06. The Balaban J connectivity index is 1.25. The smallest absolute Gasteiger partial charge is 0.220 e. The van der Waals surface area contributed by atoms with E-state index >= 15 is 0 Å². The highest BCUT2D eigenvalue weighted by Gasteiger charge is 2.23. The van der Waals surface area contributed by atoms with Gasteiger partial charge in [-0.05, 0) is 61.9 Å². The number of hydrogen-bond donors (Lipinski definition) is 4. The van der Waals surface area contributed by atoms with Gasteiger partial charge in [0.1, 0.15) is 0 Å². The molecular weight excluding hydrogens is 621 g/mol. The maximum Gasteiger partial charge on any atom is 0.220 e. The molecule has 1 amide bonds. The van der Waals surface area contributed by atoms with E-state index in [4.69, 9.17) is 32.9 Å². The van der Waals surface area contributed by atoms with E-state index in [1.165, 1.54) is 11.1 Å².